The van der Waals surface area contributed by atoms with E-state index in [9.17, 15) is 56.2 Å². The Bertz CT molecular complexity index is 1460. The number of ether oxygens (including phenoxy) is 4. The van der Waals surface area contributed by atoms with E-state index >= 15 is 0 Å². The molecule has 0 saturated carbocycles. The third-order valence-corrected chi connectivity index (χ3v) is 7.29. The SMILES string of the molecule is C[C@@H]1O[C@@H](OC[C@H]2O[C@@H](Oc3cc4c(O)cc(O)cc4[o+]c3-c3cc(O)c(O)c(O)c3)[C@H](O)[C@@H](O)[C@@H]2O)[C@@H](O)[C@@H](O)[C@H]1O. The third-order valence-electron chi connectivity index (χ3n) is 7.29. The molecule has 0 spiro atoms. The second-order valence-corrected chi connectivity index (χ2v) is 10.3. The first-order chi connectivity index (χ1) is 20.3. The summed E-state index contributed by atoms with van der Waals surface area (Å²) in [5.41, 5.74) is -0.150. The summed E-state index contributed by atoms with van der Waals surface area (Å²) < 4.78 is 28.1. The number of phenols is 5. The summed E-state index contributed by atoms with van der Waals surface area (Å²) in [5, 5.41) is 112. The van der Waals surface area contributed by atoms with Crippen molar-refractivity contribution in [3.05, 3.63) is 30.3 Å². The zero-order chi connectivity index (χ0) is 31.3. The molecule has 3 aromatic rings. The molecular weight excluding hydrogens is 580 g/mol. The van der Waals surface area contributed by atoms with Crippen LogP contribution in [-0.4, -0.2) is 124 Å². The fourth-order valence-electron chi connectivity index (χ4n) is 4.83. The van der Waals surface area contributed by atoms with Crippen LogP contribution in [-0.2, 0) is 14.2 Å². The lowest BCUT2D eigenvalue weighted by Gasteiger charge is -2.42. The van der Waals surface area contributed by atoms with Crippen LogP contribution in [0.4, 0.5) is 0 Å². The van der Waals surface area contributed by atoms with Crippen LogP contribution in [0.5, 0.6) is 34.5 Å². The molecule has 234 valence electrons. The van der Waals surface area contributed by atoms with Gasteiger partial charge in [0.25, 0.3) is 0 Å². The molecule has 0 amide bonds. The Labute approximate surface area is 242 Å². The average molecular weight is 612 g/mol. The van der Waals surface area contributed by atoms with Gasteiger partial charge in [0.1, 0.15) is 59.6 Å². The fourth-order valence-corrected chi connectivity index (χ4v) is 4.83. The number of benzene rings is 2. The van der Waals surface area contributed by atoms with Crippen LogP contribution < -0.4 is 4.74 Å². The minimum atomic E-state index is -1.88. The van der Waals surface area contributed by atoms with Gasteiger partial charge in [0, 0.05) is 24.3 Å². The number of phenolic OH excluding ortho intramolecular Hbond substituents is 5. The largest absolute Gasteiger partial charge is 0.507 e. The van der Waals surface area contributed by atoms with Crippen LogP contribution in [0.25, 0.3) is 22.3 Å². The Morgan fingerprint density at radius 3 is 2.00 bits per heavy atom. The molecule has 0 bridgehead atoms. The maximum atomic E-state index is 10.7. The quantitative estimate of drug-likeness (QED) is 0.117. The molecule has 5 rings (SSSR count). The first kappa shape index (κ1) is 30.7. The summed E-state index contributed by atoms with van der Waals surface area (Å²) in [5.74, 6) is -3.64. The molecule has 10 atom stereocenters. The van der Waals surface area contributed by atoms with Crippen molar-refractivity contribution >= 4 is 11.0 Å². The number of fused-ring (bicyclic) bond motifs is 1. The summed E-state index contributed by atoms with van der Waals surface area (Å²) in [6.07, 6.45) is -15.6. The molecule has 11 N–H and O–H groups in total. The lowest BCUT2D eigenvalue weighted by molar-refractivity contribution is -0.318. The molecule has 1 aromatic heterocycles. The van der Waals surface area contributed by atoms with Gasteiger partial charge in [-0.25, -0.2) is 4.42 Å². The van der Waals surface area contributed by atoms with Gasteiger partial charge in [0.15, 0.2) is 23.5 Å². The van der Waals surface area contributed by atoms with Gasteiger partial charge in [-0.05, 0) is 6.92 Å². The number of hydrogen-bond acceptors (Lipinski definition) is 15. The summed E-state index contributed by atoms with van der Waals surface area (Å²) in [6, 6.07) is 5.39. The monoisotopic (exact) mass is 611 g/mol. The molecule has 2 saturated heterocycles. The Balaban J connectivity index is 1.46. The van der Waals surface area contributed by atoms with Gasteiger partial charge < -0.3 is 75.1 Å². The lowest BCUT2D eigenvalue weighted by atomic mass is 9.98. The number of rotatable bonds is 6. The third kappa shape index (κ3) is 5.79. The predicted molar refractivity (Wildman–Crippen MR) is 140 cm³/mol. The Morgan fingerprint density at radius 2 is 1.33 bits per heavy atom. The van der Waals surface area contributed by atoms with Crippen molar-refractivity contribution in [1.82, 2.24) is 0 Å². The van der Waals surface area contributed by atoms with Crippen LogP contribution in [0.3, 0.4) is 0 Å². The molecule has 0 aliphatic carbocycles. The normalized spacial score (nSPS) is 33.0. The van der Waals surface area contributed by atoms with E-state index in [-0.39, 0.29) is 33.8 Å². The second kappa shape index (κ2) is 11.8. The fraction of sp³-hybridized carbons (Fsp3) is 0.444. The highest BCUT2D eigenvalue weighted by Crippen LogP contribution is 2.45. The standard InChI is InChI=1S/C27H30O16/c1-8-18(32)21(35)23(37)26(40-8)39-7-17-20(34)22(36)24(38)27(43-17)42-16-6-11-12(29)4-10(28)5-15(11)41-25(16)9-2-13(30)19(33)14(31)3-9/h2-6,8,17-18,20-24,26-27,32,34-38H,7H2,1H3,(H4-,28,29,30,31,33)/p+1/t8-,17+,18-,20+,21-,22-,23-,24+,26+,27+/m0/s1. The maximum Gasteiger partial charge on any atom is 0.402 e. The molecule has 2 aromatic carbocycles. The molecule has 2 fully saturated rings. The van der Waals surface area contributed by atoms with Crippen molar-refractivity contribution in [3.8, 4) is 45.8 Å². The van der Waals surface area contributed by atoms with Crippen LogP contribution in [0.1, 0.15) is 6.92 Å². The first-order valence-corrected chi connectivity index (χ1v) is 13.0. The molecule has 2 aliphatic heterocycles. The smallest absolute Gasteiger partial charge is 0.402 e. The minimum absolute atomic E-state index is 0.00726. The highest BCUT2D eigenvalue weighted by molar-refractivity contribution is 5.88. The van der Waals surface area contributed by atoms with Gasteiger partial charge in [0.05, 0.1) is 24.3 Å². The number of aliphatic hydroxyl groups excluding tert-OH is 6. The number of hydrogen-bond donors (Lipinski definition) is 11. The summed E-state index contributed by atoms with van der Waals surface area (Å²) >= 11 is 0. The van der Waals surface area contributed by atoms with Crippen LogP contribution in [0, 0.1) is 0 Å². The Hall–Kier alpha value is -3.71. The van der Waals surface area contributed by atoms with E-state index in [1.807, 2.05) is 0 Å². The van der Waals surface area contributed by atoms with Crippen molar-refractivity contribution in [1.29, 1.82) is 0 Å². The van der Waals surface area contributed by atoms with Crippen molar-refractivity contribution in [2.24, 2.45) is 0 Å². The van der Waals surface area contributed by atoms with E-state index in [1.165, 1.54) is 13.0 Å². The topological polar surface area (TPSA) is 271 Å². The highest BCUT2D eigenvalue weighted by atomic mass is 16.7. The van der Waals surface area contributed by atoms with Gasteiger partial charge in [-0.2, -0.15) is 0 Å². The van der Waals surface area contributed by atoms with Crippen molar-refractivity contribution < 1.29 is 79.5 Å². The molecule has 0 radical (unpaired) electrons. The molecule has 3 heterocycles. The molecule has 16 nitrogen and oxygen atoms in total. The van der Waals surface area contributed by atoms with Crippen LogP contribution in [0.15, 0.2) is 34.7 Å². The van der Waals surface area contributed by atoms with Crippen molar-refractivity contribution in [2.75, 3.05) is 6.61 Å². The molecular formula is C27H31O16+. The molecule has 2 aliphatic rings. The summed E-state index contributed by atoms with van der Waals surface area (Å²) in [4.78, 5) is 0. The maximum absolute atomic E-state index is 10.7. The van der Waals surface area contributed by atoms with Gasteiger partial charge in [-0.15, -0.1) is 0 Å². The molecule has 16 heteroatoms. The van der Waals surface area contributed by atoms with E-state index in [4.69, 9.17) is 23.4 Å². The predicted octanol–water partition coefficient (Wildman–Crippen LogP) is -1.06. The molecule has 43 heavy (non-hydrogen) atoms. The van der Waals surface area contributed by atoms with Crippen molar-refractivity contribution in [3.63, 3.8) is 0 Å². The summed E-state index contributed by atoms with van der Waals surface area (Å²) in [7, 11) is 0. The Kier molecular flexibility index (Phi) is 8.41. The number of aliphatic hydroxyl groups is 6. The van der Waals surface area contributed by atoms with E-state index in [0.717, 1.165) is 24.3 Å². The van der Waals surface area contributed by atoms with E-state index in [0.29, 0.717) is 0 Å². The Morgan fingerprint density at radius 1 is 0.698 bits per heavy atom. The van der Waals surface area contributed by atoms with Gasteiger partial charge in [0.2, 0.25) is 12.0 Å². The zero-order valence-corrected chi connectivity index (χ0v) is 22.3. The average Bonchev–Trinajstić information content (AvgIpc) is 2.96. The second-order valence-electron chi connectivity index (χ2n) is 10.3. The first-order valence-electron chi connectivity index (χ1n) is 13.0. The van der Waals surface area contributed by atoms with E-state index < -0.39 is 91.0 Å². The number of aromatic hydroxyl groups is 5. The molecule has 0 unspecified atom stereocenters. The zero-order valence-electron chi connectivity index (χ0n) is 22.3. The lowest BCUT2D eigenvalue weighted by Crippen LogP contribution is -2.61. The van der Waals surface area contributed by atoms with E-state index in [1.54, 1.807) is 0 Å². The van der Waals surface area contributed by atoms with Gasteiger partial charge >= 0.3 is 11.3 Å². The summed E-state index contributed by atoms with van der Waals surface area (Å²) in [6.45, 7) is 0.877. The van der Waals surface area contributed by atoms with Crippen molar-refractivity contribution in [2.45, 2.75) is 68.3 Å². The van der Waals surface area contributed by atoms with Crippen LogP contribution in [0.2, 0.25) is 0 Å². The van der Waals surface area contributed by atoms with Gasteiger partial charge in [-0.1, -0.05) is 0 Å². The van der Waals surface area contributed by atoms with Crippen LogP contribution >= 0.6 is 0 Å². The minimum Gasteiger partial charge on any atom is -0.507 e. The van der Waals surface area contributed by atoms with Gasteiger partial charge in [-0.3, -0.25) is 0 Å². The highest BCUT2D eigenvalue weighted by Gasteiger charge is 2.48. The van der Waals surface area contributed by atoms with E-state index in [2.05, 4.69) is 0 Å².